The first-order valence-corrected chi connectivity index (χ1v) is 3.90. The van der Waals surface area contributed by atoms with Gasteiger partial charge in [-0.1, -0.05) is 31.7 Å². The summed E-state index contributed by atoms with van der Waals surface area (Å²) in [5.41, 5.74) is 2.54. The lowest BCUT2D eigenvalue weighted by Gasteiger charge is -1.95. The van der Waals surface area contributed by atoms with Crippen LogP contribution in [0.1, 0.15) is 13.3 Å². The lowest BCUT2D eigenvalue weighted by Crippen LogP contribution is -1.85. The summed E-state index contributed by atoms with van der Waals surface area (Å²) in [6.45, 7) is 6.63. The van der Waals surface area contributed by atoms with Crippen molar-refractivity contribution in [3.8, 4) is 0 Å². The number of rotatable bonds is 2. The molecule has 0 aromatic rings. The van der Waals surface area contributed by atoms with Gasteiger partial charge in [0.1, 0.15) is 0 Å². The number of aliphatic imine (C=N–C) groups is 1. The van der Waals surface area contributed by atoms with E-state index >= 15 is 0 Å². The van der Waals surface area contributed by atoms with Crippen LogP contribution in [0.3, 0.4) is 0 Å². The molecule has 0 amide bonds. The summed E-state index contributed by atoms with van der Waals surface area (Å²) in [4.78, 5) is 4.17. The molecule has 0 N–H and O–H groups in total. The van der Waals surface area contributed by atoms with Crippen LogP contribution in [0.4, 0.5) is 0 Å². The standard InChI is InChI=1S/C10H13N/c1-3-5-9-7-11-8-10(9)6-4-2/h3,5-7H,1,4,8H2,2H3/b9-5-,10-6-. The zero-order valence-corrected chi connectivity index (χ0v) is 6.88. The summed E-state index contributed by atoms with van der Waals surface area (Å²) >= 11 is 0. The maximum absolute atomic E-state index is 4.17. The van der Waals surface area contributed by atoms with Crippen molar-refractivity contribution in [1.82, 2.24) is 0 Å². The van der Waals surface area contributed by atoms with Gasteiger partial charge in [0.05, 0.1) is 6.54 Å². The second kappa shape index (κ2) is 3.91. The molecule has 1 rings (SSSR count). The summed E-state index contributed by atoms with van der Waals surface area (Å²) in [7, 11) is 0. The number of allylic oxidation sites excluding steroid dienone is 3. The van der Waals surface area contributed by atoms with E-state index in [0.29, 0.717) is 0 Å². The van der Waals surface area contributed by atoms with Crippen LogP contribution in [-0.4, -0.2) is 12.8 Å². The maximum Gasteiger partial charge on any atom is 0.0643 e. The van der Waals surface area contributed by atoms with E-state index in [9.17, 15) is 0 Å². The number of nitrogens with zero attached hydrogens (tertiary/aromatic N) is 1. The van der Waals surface area contributed by atoms with Crippen molar-refractivity contribution < 1.29 is 0 Å². The second-order valence-corrected chi connectivity index (χ2v) is 2.47. The van der Waals surface area contributed by atoms with Crippen molar-refractivity contribution in [2.24, 2.45) is 4.99 Å². The molecule has 1 aliphatic heterocycles. The highest BCUT2D eigenvalue weighted by Gasteiger charge is 2.05. The van der Waals surface area contributed by atoms with Crippen molar-refractivity contribution in [2.45, 2.75) is 13.3 Å². The maximum atomic E-state index is 4.17. The molecule has 0 saturated carbocycles. The molecule has 1 nitrogen and oxygen atoms in total. The molecule has 0 aromatic heterocycles. The first-order valence-electron chi connectivity index (χ1n) is 3.90. The molecule has 0 aromatic carbocycles. The van der Waals surface area contributed by atoms with E-state index in [1.807, 2.05) is 12.3 Å². The predicted molar refractivity (Wildman–Crippen MR) is 50.0 cm³/mol. The van der Waals surface area contributed by atoms with Gasteiger partial charge in [-0.2, -0.15) is 0 Å². The summed E-state index contributed by atoms with van der Waals surface area (Å²) in [6, 6.07) is 0. The fourth-order valence-electron chi connectivity index (χ4n) is 1.12. The number of hydrogen-bond acceptors (Lipinski definition) is 1. The number of hydrogen-bond donors (Lipinski definition) is 0. The predicted octanol–water partition coefficient (Wildman–Crippen LogP) is 2.52. The van der Waals surface area contributed by atoms with Gasteiger partial charge < -0.3 is 0 Å². The van der Waals surface area contributed by atoms with Gasteiger partial charge in [0.15, 0.2) is 0 Å². The molecule has 11 heavy (non-hydrogen) atoms. The highest BCUT2D eigenvalue weighted by atomic mass is 14.7. The molecule has 1 heterocycles. The Kier molecular flexibility index (Phi) is 2.84. The van der Waals surface area contributed by atoms with Crippen molar-refractivity contribution in [3.63, 3.8) is 0 Å². The van der Waals surface area contributed by atoms with Gasteiger partial charge in [-0.05, 0) is 17.6 Å². The lowest BCUT2D eigenvalue weighted by molar-refractivity contribution is 1.15. The van der Waals surface area contributed by atoms with Crippen LogP contribution < -0.4 is 0 Å². The van der Waals surface area contributed by atoms with Crippen LogP contribution in [0.2, 0.25) is 0 Å². The minimum absolute atomic E-state index is 0.841. The Balaban J connectivity index is 2.79. The molecule has 0 spiro atoms. The Bertz CT molecular complexity index is 231. The average Bonchev–Trinajstić information content (AvgIpc) is 2.39. The first-order chi connectivity index (χ1) is 5.38. The first kappa shape index (κ1) is 7.99. The van der Waals surface area contributed by atoms with E-state index in [1.54, 1.807) is 6.08 Å². The van der Waals surface area contributed by atoms with E-state index in [0.717, 1.165) is 13.0 Å². The molecule has 0 atom stereocenters. The van der Waals surface area contributed by atoms with E-state index in [1.165, 1.54) is 11.1 Å². The third kappa shape index (κ3) is 1.90. The molecule has 0 radical (unpaired) electrons. The molecule has 0 bridgehead atoms. The van der Waals surface area contributed by atoms with Crippen molar-refractivity contribution in [1.29, 1.82) is 0 Å². The summed E-state index contributed by atoms with van der Waals surface area (Å²) < 4.78 is 0. The van der Waals surface area contributed by atoms with Gasteiger partial charge >= 0.3 is 0 Å². The van der Waals surface area contributed by atoms with Gasteiger partial charge in [-0.3, -0.25) is 4.99 Å². The van der Waals surface area contributed by atoms with Gasteiger partial charge in [-0.15, -0.1) is 0 Å². The molecule has 0 unspecified atom stereocenters. The molecular weight excluding hydrogens is 134 g/mol. The third-order valence-electron chi connectivity index (χ3n) is 1.61. The molecular formula is C10H13N. The molecule has 1 heteroatoms. The normalized spacial score (nSPS) is 23.4. The van der Waals surface area contributed by atoms with E-state index < -0.39 is 0 Å². The van der Waals surface area contributed by atoms with Crippen LogP contribution in [0.15, 0.2) is 40.9 Å². The van der Waals surface area contributed by atoms with Crippen LogP contribution >= 0.6 is 0 Å². The largest absolute Gasteiger partial charge is 0.288 e. The minimum atomic E-state index is 0.841. The van der Waals surface area contributed by atoms with Gasteiger partial charge in [0.25, 0.3) is 0 Å². The van der Waals surface area contributed by atoms with Crippen molar-refractivity contribution in [3.05, 3.63) is 36.0 Å². The summed E-state index contributed by atoms with van der Waals surface area (Å²) in [5, 5.41) is 0. The van der Waals surface area contributed by atoms with Crippen LogP contribution in [0, 0.1) is 0 Å². The van der Waals surface area contributed by atoms with Gasteiger partial charge in [0.2, 0.25) is 0 Å². The monoisotopic (exact) mass is 147 g/mol. The second-order valence-electron chi connectivity index (χ2n) is 2.47. The Labute approximate surface area is 67.8 Å². The quantitative estimate of drug-likeness (QED) is 0.569. The molecule has 0 fully saturated rings. The fourth-order valence-corrected chi connectivity index (χ4v) is 1.12. The van der Waals surface area contributed by atoms with Crippen molar-refractivity contribution in [2.75, 3.05) is 6.54 Å². The van der Waals surface area contributed by atoms with E-state index in [4.69, 9.17) is 0 Å². The molecule has 1 aliphatic rings. The lowest BCUT2D eigenvalue weighted by atomic mass is 10.1. The zero-order chi connectivity index (χ0) is 8.10. The highest BCUT2D eigenvalue weighted by molar-refractivity contribution is 5.88. The molecule has 0 aliphatic carbocycles. The average molecular weight is 147 g/mol. The molecule has 0 saturated heterocycles. The Morgan fingerprint density at radius 1 is 1.73 bits per heavy atom. The summed E-state index contributed by atoms with van der Waals surface area (Å²) in [6.07, 6.45) is 8.99. The third-order valence-corrected chi connectivity index (χ3v) is 1.61. The highest BCUT2D eigenvalue weighted by Crippen LogP contribution is 2.15. The Hall–Kier alpha value is -1.11. The molecule has 58 valence electrons. The Morgan fingerprint density at radius 3 is 3.18 bits per heavy atom. The van der Waals surface area contributed by atoms with E-state index in [2.05, 4.69) is 24.6 Å². The SMILES string of the molecule is C=C/C=C1/C=NC/C1=C/CC. The Morgan fingerprint density at radius 2 is 2.55 bits per heavy atom. The van der Waals surface area contributed by atoms with E-state index in [-0.39, 0.29) is 0 Å². The van der Waals surface area contributed by atoms with Gasteiger partial charge in [-0.25, -0.2) is 0 Å². The smallest absolute Gasteiger partial charge is 0.0643 e. The van der Waals surface area contributed by atoms with Crippen molar-refractivity contribution >= 4 is 6.21 Å². The summed E-state index contributed by atoms with van der Waals surface area (Å²) in [5.74, 6) is 0. The van der Waals surface area contributed by atoms with Gasteiger partial charge in [0, 0.05) is 6.21 Å². The topological polar surface area (TPSA) is 12.4 Å². The fraction of sp³-hybridized carbons (Fsp3) is 0.300. The van der Waals surface area contributed by atoms with Crippen LogP contribution in [-0.2, 0) is 0 Å². The van der Waals surface area contributed by atoms with Crippen LogP contribution in [0.5, 0.6) is 0 Å². The van der Waals surface area contributed by atoms with Crippen LogP contribution in [0.25, 0.3) is 0 Å². The minimum Gasteiger partial charge on any atom is -0.288 e. The zero-order valence-electron chi connectivity index (χ0n) is 6.88.